The zero-order valence-corrected chi connectivity index (χ0v) is 28.3. The largest absolute Gasteiger partial charge is 0.310 e. The van der Waals surface area contributed by atoms with Crippen LogP contribution in [0.5, 0.6) is 0 Å². The molecule has 232 valence electrons. The molecule has 0 aliphatic heterocycles. The van der Waals surface area contributed by atoms with Gasteiger partial charge in [0.2, 0.25) is 0 Å². The van der Waals surface area contributed by atoms with E-state index in [1.807, 2.05) is 11.3 Å². The van der Waals surface area contributed by atoms with E-state index < -0.39 is 0 Å². The highest BCUT2D eigenvalue weighted by Crippen LogP contribution is 2.49. The zero-order valence-electron chi connectivity index (χ0n) is 27.4. The fourth-order valence-electron chi connectivity index (χ4n) is 8.21. The van der Waals surface area contributed by atoms with Crippen LogP contribution in [0.25, 0.3) is 64.6 Å². The highest BCUT2D eigenvalue weighted by molar-refractivity contribution is 7.25. The molecule has 0 unspecified atom stereocenters. The fourth-order valence-corrected chi connectivity index (χ4v) is 9.35. The number of benzene rings is 8. The normalized spacial score (nSPS) is 13.6. The van der Waals surface area contributed by atoms with E-state index in [0.29, 0.717) is 0 Å². The molecule has 0 radical (unpaired) electrons. The minimum atomic E-state index is -0.0284. The summed E-state index contributed by atoms with van der Waals surface area (Å²) >= 11 is 1.86. The first-order valence-electron chi connectivity index (χ1n) is 17.0. The number of hydrogen-bond donors (Lipinski definition) is 0. The molecule has 0 bridgehead atoms. The molecule has 1 aliphatic carbocycles. The van der Waals surface area contributed by atoms with Crippen LogP contribution in [-0.2, 0) is 5.41 Å². The molecule has 0 saturated carbocycles. The summed E-state index contributed by atoms with van der Waals surface area (Å²) in [6.45, 7) is 4.74. The zero-order chi connectivity index (χ0) is 32.7. The lowest BCUT2D eigenvalue weighted by Crippen LogP contribution is -2.15. The van der Waals surface area contributed by atoms with E-state index in [0.717, 1.165) is 11.4 Å². The van der Waals surface area contributed by atoms with Crippen LogP contribution < -0.4 is 4.90 Å². The number of rotatable bonds is 5. The molecule has 1 heterocycles. The van der Waals surface area contributed by atoms with Crippen molar-refractivity contribution in [3.05, 3.63) is 174 Å². The minimum absolute atomic E-state index is 0.0284. The summed E-state index contributed by atoms with van der Waals surface area (Å²) in [5.41, 5.74) is 8.74. The Kier molecular flexibility index (Phi) is 6.16. The number of fused-ring (bicyclic) bond motifs is 4. The van der Waals surface area contributed by atoms with Crippen molar-refractivity contribution in [1.29, 1.82) is 0 Å². The first kappa shape index (κ1) is 28.3. The molecule has 49 heavy (non-hydrogen) atoms. The van der Waals surface area contributed by atoms with Gasteiger partial charge in [0.15, 0.2) is 0 Å². The number of para-hydroxylation sites is 1. The molecular weight excluding hydrogens is 611 g/mol. The van der Waals surface area contributed by atoms with Crippen LogP contribution in [0.4, 0.5) is 17.1 Å². The monoisotopic (exact) mass is 643 g/mol. The van der Waals surface area contributed by atoms with E-state index in [2.05, 4.69) is 183 Å². The van der Waals surface area contributed by atoms with Gasteiger partial charge in [-0.3, -0.25) is 0 Å². The fraction of sp³-hybridized carbons (Fsp3) is 0.0638. The first-order chi connectivity index (χ1) is 24.0. The molecule has 0 amide bonds. The van der Waals surface area contributed by atoms with Crippen LogP contribution >= 0.6 is 11.3 Å². The molecular formula is C47H33NS. The van der Waals surface area contributed by atoms with Crippen LogP contribution in [0.15, 0.2) is 152 Å². The maximum atomic E-state index is 2.41. The molecule has 8 aromatic carbocycles. The van der Waals surface area contributed by atoms with Gasteiger partial charge in [-0.05, 0) is 91.6 Å². The van der Waals surface area contributed by atoms with Crippen LogP contribution in [0.3, 0.4) is 0 Å². The van der Waals surface area contributed by atoms with E-state index in [1.54, 1.807) is 0 Å². The lowest BCUT2D eigenvalue weighted by atomic mass is 9.81. The van der Waals surface area contributed by atoms with Gasteiger partial charge in [0.05, 0.1) is 5.69 Å². The lowest BCUT2D eigenvalue weighted by molar-refractivity contribution is 0.662. The third kappa shape index (κ3) is 4.31. The molecule has 0 fully saturated rings. The van der Waals surface area contributed by atoms with E-state index in [1.165, 1.54) is 80.4 Å². The minimum Gasteiger partial charge on any atom is -0.310 e. The quantitative estimate of drug-likeness (QED) is 0.133. The summed E-state index contributed by atoms with van der Waals surface area (Å²) in [5.74, 6) is 0. The summed E-state index contributed by atoms with van der Waals surface area (Å²) in [4.78, 5) is 2.41. The standard InChI is InChI=1S/C47H33NS/c1-47(2)40-17-10-11-32-21-22-33-27-30(28-41(47)46(33)45(32)40)19-20-31-23-26-42(37-15-7-6-14-36(31)37)48(34-12-4-3-5-13-34)35-24-25-39-38-16-8-9-18-43(38)49-44(39)29-35/h3-29H,1-2H3. The predicted molar refractivity (Wildman–Crippen MR) is 214 cm³/mol. The van der Waals surface area contributed by atoms with Crippen LogP contribution in [0.1, 0.15) is 36.1 Å². The Morgan fingerprint density at radius 1 is 0.490 bits per heavy atom. The van der Waals surface area contributed by atoms with Gasteiger partial charge in [0, 0.05) is 42.3 Å². The average molecular weight is 644 g/mol. The SMILES string of the molecule is CC1(C)c2cccc3ccc4cc(C=Cc5ccc(N(c6ccccc6)c6ccc7c(c6)sc6ccccc67)c6ccccc56)cc1c4c23. The summed E-state index contributed by atoms with van der Waals surface area (Å²) in [6.07, 6.45) is 4.59. The van der Waals surface area contributed by atoms with Crippen molar-refractivity contribution in [3.63, 3.8) is 0 Å². The van der Waals surface area contributed by atoms with Gasteiger partial charge < -0.3 is 4.90 Å². The Labute approximate surface area is 290 Å². The summed E-state index contributed by atoms with van der Waals surface area (Å²) in [7, 11) is 0. The van der Waals surface area contributed by atoms with Crippen molar-refractivity contribution in [2.75, 3.05) is 4.90 Å². The average Bonchev–Trinajstić information content (AvgIpc) is 3.63. The molecule has 2 heteroatoms. The topological polar surface area (TPSA) is 3.24 Å². The van der Waals surface area contributed by atoms with Gasteiger partial charge in [-0.2, -0.15) is 0 Å². The van der Waals surface area contributed by atoms with Crippen LogP contribution in [0.2, 0.25) is 0 Å². The third-order valence-corrected chi connectivity index (χ3v) is 11.7. The van der Waals surface area contributed by atoms with Crippen molar-refractivity contribution in [1.82, 2.24) is 0 Å². The third-order valence-electron chi connectivity index (χ3n) is 10.6. The summed E-state index contributed by atoms with van der Waals surface area (Å²) in [6, 6.07) is 55.9. The van der Waals surface area contributed by atoms with Crippen LogP contribution in [0, 0.1) is 0 Å². The van der Waals surface area contributed by atoms with Crippen molar-refractivity contribution in [3.8, 4) is 0 Å². The number of thiophene rings is 1. The van der Waals surface area contributed by atoms with E-state index in [-0.39, 0.29) is 5.41 Å². The molecule has 0 N–H and O–H groups in total. The van der Waals surface area contributed by atoms with Crippen LogP contribution in [-0.4, -0.2) is 0 Å². The molecule has 1 aromatic heterocycles. The molecule has 1 aliphatic rings. The molecule has 1 nitrogen and oxygen atoms in total. The Morgan fingerprint density at radius 3 is 2.10 bits per heavy atom. The van der Waals surface area contributed by atoms with Gasteiger partial charge in [-0.15, -0.1) is 11.3 Å². The summed E-state index contributed by atoms with van der Waals surface area (Å²) in [5, 5.41) is 10.6. The Morgan fingerprint density at radius 2 is 1.22 bits per heavy atom. The first-order valence-corrected chi connectivity index (χ1v) is 17.8. The van der Waals surface area contributed by atoms with Crippen molar-refractivity contribution >= 4 is 93.0 Å². The maximum Gasteiger partial charge on any atom is 0.0540 e. The maximum absolute atomic E-state index is 2.41. The Hall–Kier alpha value is -5.70. The molecule has 10 rings (SSSR count). The van der Waals surface area contributed by atoms with Gasteiger partial charge >= 0.3 is 0 Å². The molecule has 0 saturated heterocycles. The highest BCUT2D eigenvalue weighted by Gasteiger charge is 2.33. The second-order valence-corrected chi connectivity index (χ2v) is 14.8. The Balaban J connectivity index is 1.10. The van der Waals surface area contributed by atoms with Gasteiger partial charge in [-0.25, -0.2) is 0 Å². The second-order valence-electron chi connectivity index (χ2n) is 13.8. The van der Waals surface area contributed by atoms with Crippen molar-refractivity contribution in [2.24, 2.45) is 0 Å². The van der Waals surface area contributed by atoms with Gasteiger partial charge in [0.25, 0.3) is 0 Å². The van der Waals surface area contributed by atoms with E-state index in [4.69, 9.17) is 0 Å². The molecule has 0 spiro atoms. The van der Waals surface area contributed by atoms with Crippen molar-refractivity contribution < 1.29 is 0 Å². The molecule has 0 atom stereocenters. The van der Waals surface area contributed by atoms with E-state index in [9.17, 15) is 0 Å². The highest BCUT2D eigenvalue weighted by atomic mass is 32.1. The van der Waals surface area contributed by atoms with E-state index >= 15 is 0 Å². The summed E-state index contributed by atoms with van der Waals surface area (Å²) < 4.78 is 2.62. The van der Waals surface area contributed by atoms with Gasteiger partial charge in [-0.1, -0.05) is 135 Å². The second kappa shape index (κ2) is 10.7. The smallest absolute Gasteiger partial charge is 0.0540 e. The van der Waals surface area contributed by atoms with Gasteiger partial charge in [0.1, 0.15) is 0 Å². The molecule has 9 aromatic rings. The predicted octanol–water partition coefficient (Wildman–Crippen LogP) is 13.8. The number of hydrogen-bond acceptors (Lipinski definition) is 2. The lowest BCUT2D eigenvalue weighted by Gasteiger charge is -2.27. The Bertz CT molecular complexity index is 2800. The van der Waals surface area contributed by atoms with Crippen molar-refractivity contribution in [2.45, 2.75) is 19.3 Å². The number of nitrogens with zero attached hydrogens (tertiary/aromatic N) is 1. The number of anilines is 3.